The van der Waals surface area contributed by atoms with Crippen molar-refractivity contribution in [3.8, 4) is 22.8 Å². The SMILES string of the molecule is Cc1ccc(-c2ccc(C3C(c4ccccn4)NC(=S)N3c3ccc(Oc4ccccc4C)cc3)o2)cc1Cl. The Morgan fingerprint density at radius 2 is 1.69 bits per heavy atom. The van der Waals surface area contributed by atoms with Crippen LogP contribution in [0.4, 0.5) is 5.69 Å². The third-order valence-electron chi connectivity index (χ3n) is 6.91. The molecule has 3 heterocycles. The fraction of sp³-hybridized carbons (Fsp3) is 0.125. The van der Waals surface area contributed by atoms with Crippen LogP contribution in [0.25, 0.3) is 11.3 Å². The predicted molar refractivity (Wildman–Crippen MR) is 160 cm³/mol. The van der Waals surface area contributed by atoms with Crippen molar-refractivity contribution in [1.29, 1.82) is 0 Å². The lowest BCUT2D eigenvalue weighted by atomic mass is 10.0. The topological polar surface area (TPSA) is 50.5 Å². The van der Waals surface area contributed by atoms with Crippen molar-refractivity contribution in [3.05, 3.63) is 131 Å². The van der Waals surface area contributed by atoms with Crippen LogP contribution in [-0.2, 0) is 0 Å². The maximum absolute atomic E-state index is 6.46. The summed E-state index contributed by atoms with van der Waals surface area (Å²) in [4.78, 5) is 6.71. The molecule has 0 aliphatic carbocycles. The molecule has 0 amide bonds. The first-order chi connectivity index (χ1) is 19.0. The number of thiocarbonyl (C=S) groups is 1. The van der Waals surface area contributed by atoms with Crippen LogP contribution in [0.15, 0.2) is 108 Å². The van der Waals surface area contributed by atoms with E-state index in [1.807, 2.05) is 111 Å². The first-order valence-electron chi connectivity index (χ1n) is 12.7. The van der Waals surface area contributed by atoms with E-state index in [0.717, 1.165) is 51.1 Å². The van der Waals surface area contributed by atoms with Gasteiger partial charge in [-0.2, -0.15) is 0 Å². The number of halogens is 1. The maximum atomic E-state index is 6.46. The van der Waals surface area contributed by atoms with Crippen LogP contribution < -0.4 is 15.0 Å². The second-order valence-electron chi connectivity index (χ2n) is 9.52. The summed E-state index contributed by atoms with van der Waals surface area (Å²) in [5.74, 6) is 3.09. The summed E-state index contributed by atoms with van der Waals surface area (Å²) in [6.07, 6.45) is 1.79. The van der Waals surface area contributed by atoms with E-state index in [1.54, 1.807) is 6.20 Å². The molecule has 2 atom stereocenters. The van der Waals surface area contributed by atoms with Crippen LogP contribution in [-0.4, -0.2) is 10.1 Å². The van der Waals surface area contributed by atoms with Crippen molar-refractivity contribution in [2.45, 2.75) is 25.9 Å². The van der Waals surface area contributed by atoms with Crippen molar-refractivity contribution in [2.75, 3.05) is 4.90 Å². The van der Waals surface area contributed by atoms with Crippen LogP contribution in [0.3, 0.4) is 0 Å². The van der Waals surface area contributed by atoms with Crippen molar-refractivity contribution in [1.82, 2.24) is 10.3 Å². The minimum Gasteiger partial charge on any atom is -0.459 e. The van der Waals surface area contributed by atoms with Gasteiger partial charge >= 0.3 is 0 Å². The molecule has 1 N–H and O–H groups in total. The molecule has 39 heavy (non-hydrogen) atoms. The van der Waals surface area contributed by atoms with Gasteiger partial charge in [0.1, 0.15) is 29.1 Å². The number of aryl methyl sites for hydroxylation is 2. The summed E-state index contributed by atoms with van der Waals surface area (Å²) >= 11 is 12.3. The van der Waals surface area contributed by atoms with Gasteiger partial charge in [0.25, 0.3) is 0 Å². The van der Waals surface area contributed by atoms with Crippen LogP contribution in [0, 0.1) is 13.8 Å². The number of pyridine rings is 1. The van der Waals surface area contributed by atoms with Gasteiger partial charge in [-0.05, 0) is 97.9 Å². The number of aromatic nitrogens is 1. The first kappa shape index (κ1) is 25.2. The highest BCUT2D eigenvalue weighted by atomic mass is 35.5. The molecule has 2 unspecified atom stereocenters. The summed E-state index contributed by atoms with van der Waals surface area (Å²) in [7, 11) is 0. The molecule has 0 radical (unpaired) electrons. The van der Waals surface area contributed by atoms with Crippen molar-refractivity contribution in [3.63, 3.8) is 0 Å². The van der Waals surface area contributed by atoms with E-state index >= 15 is 0 Å². The van der Waals surface area contributed by atoms with Gasteiger partial charge in [0.15, 0.2) is 5.11 Å². The zero-order valence-electron chi connectivity index (χ0n) is 21.5. The van der Waals surface area contributed by atoms with Gasteiger partial charge in [-0.1, -0.05) is 48.0 Å². The summed E-state index contributed by atoms with van der Waals surface area (Å²) in [6.45, 7) is 4.01. The lowest BCUT2D eigenvalue weighted by molar-refractivity contribution is 0.439. The average Bonchev–Trinajstić information content (AvgIpc) is 3.57. The number of para-hydroxylation sites is 1. The van der Waals surface area contributed by atoms with Crippen LogP contribution >= 0.6 is 23.8 Å². The molecule has 5 nitrogen and oxygen atoms in total. The van der Waals surface area contributed by atoms with E-state index in [2.05, 4.69) is 15.2 Å². The van der Waals surface area contributed by atoms with Crippen LogP contribution in [0.5, 0.6) is 11.5 Å². The molecule has 0 bridgehead atoms. The van der Waals surface area contributed by atoms with Crippen LogP contribution in [0.1, 0.15) is 34.7 Å². The largest absolute Gasteiger partial charge is 0.459 e. The van der Waals surface area contributed by atoms with E-state index in [4.69, 9.17) is 33.0 Å². The molecule has 1 aliphatic heterocycles. The lowest BCUT2D eigenvalue weighted by Crippen LogP contribution is -2.29. The molecule has 1 aliphatic rings. The maximum Gasteiger partial charge on any atom is 0.174 e. The van der Waals surface area contributed by atoms with Crippen molar-refractivity contribution >= 4 is 34.6 Å². The fourth-order valence-electron chi connectivity index (χ4n) is 4.81. The minimum absolute atomic E-state index is 0.206. The number of nitrogens with one attached hydrogen (secondary N) is 1. The molecule has 0 saturated carbocycles. The van der Waals surface area contributed by atoms with E-state index in [-0.39, 0.29) is 12.1 Å². The molecule has 1 fully saturated rings. The Morgan fingerprint density at radius 3 is 2.44 bits per heavy atom. The Balaban J connectivity index is 1.36. The number of rotatable bonds is 6. The quantitative estimate of drug-likeness (QED) is 0.213. The molecule has 0 spiro atoms. The number of nitrogens with zero attached hydrogens (tertiary/aromatic N) is 2. The third kappa shape index (κ3) is 5.01. The van der Waals surface area contributed by atoms with E-state index in [0.29, 0.717) is 10.1 Å². The highest BCUT2D eigenvalue weighted by Gasteiger charge is 2.42. The highest BCUT2D eigenvalue weighted by molar-refractivity contribution is 7.80. The second-order valence-corrected chi connectivity index (χ2v) is 10.3. The van der Waals surface area contributed by atoms with Crippen molar-refractivity contribution in [2.24, 2.45) is 0 Å². The summed E-state index contributed by atoms with van der Waals surface area (Å²) < 4.78 is 12.6. The average molecular weight is 552 g/mol. The van der Waals surface area contributed by atoms with E-state index in [9.17, 15) is 0 Å². The van der Waals surface area contributed by atoms with Crippen LogP contribution in [0.2, 0.25) is 5.02 Å². The van der Waals surface area contributed by atoms with E-state index < -0.39 is 0 Å². The van der Waals surface area contributed by atoms with Gasteiger partial charge in [0.2, 0.25) is 0 Å². The molecule has 3 aromatic carbocycles. The number of hydrogen-bond acceptors (Lipinski definition) is 4. The van der Waals surface area contributed by atoms with Gasteiger partial charge in [0.05, 0.1) is 11.7 Å². The second kappa shape index (κ2) is 10.6. The van der Waals surface area contributed by atoms with Crippen molar-refractivity contribution < 1.29 is 9.15 Å². The molecule has 6 rings (SSSR count). The molecular formula is C32H26ClN3O2S. The number of furan rings is 1. The molecule has 5 aromatic rings. The number of anilines is 1. The number of benzene rings is 3. The Hall–Kier alpha value is -4.13. The van der Waals surface area contributed by atoms with Gasteiger partial charge in [-0.3, -0.25) is 4.98 Å². The summed E-state index contributed by atoms with van der Waals surface area (Å²) in [5, 5.41) is 4.78. The third-order valence-corrected chi connectivity index (χ3v) is 7.63. The van der Waals surface area contributed by atoms with Gasteiger partial charge in [-0.15, -0.1) is 0 Å². The van der Waals surface area contributed by atoms with Gasteiger partial charge < -0.3 is 19.4 Å². The molecule has 1 saturated heterocycles. The standard InChI is InChI=1S/C32H26ClN3O2S/c1-20-10-11-22(19-25(20)33)28-16-17-29(38-28)31-30(26-8-5-6-18-34-26)35-32(39)36(31)23-12-14-24(15-13-23)37-27-9-4-3-7-21(27)2/h3-19,30-31H,1-2H3,(H,35,39). The Kier molecular flexibility index (Phi) is 6.81. The Labute approximate surface area is 238 Å². The fourth-order valence-corrected chi connectivity index (χ4v) is 5.33. The van der Waals surface area contributed by atoms with Gasteiger partial charge in [0, 0.05) is 22.5 Å². The number of hydrogen-bond donors (Lipinski definition) is 1. The number of ether oxygens (including phenoxy) is 1. The van der Waals surface area contributed by atoms with E-state index in [1.165, 1.54) is 0 Å². The zero-order chi connectivity index (χ0) is 26.9. The summed E-state index contributed by atoms with van der Waals surface area (Å²) in [5.41, 5.74) is 4.82. The Morgan fingerprint density at radius 1 is 0.897 bits per heavy atom. The Bertz CT molecular complexity index is 1640. The highest BCUT2D eigenvalue weighted by Crippen LogP contribution is 2.43. The zero-order valence-corrected chi connectivity index (χ0v) is 23.0. The smallest absolute Gasteiger partial charge is 0.174 e. The molecular weight excluding hydrogens is 526 g/mol. The normalized spacial score (nSPS) is 16.8. The predicted octanol–water partition coefficient (Wildman–Crippen LogP) is 8.58. The van der Waals surface area contributed by atoms with Gasteiger partial charge in [-0.25, -0.2) is 0 Å². The minimum atomic E-state index is -0.259. The molecule has 7 heteroatoms. The summed E-state index contributed by atoms with van der Waals surface area (Å²) in [6, 6.07) is 31.2. The first-order valence-corrected chi connectivity index (χ1v) is 13.5. The lowest BCUT2D eigenvalue weighted by Gasteiger charge is -2.26. The molecule has 194 valence electrons. The molecule has 2 aromatic heterocycles. The monoisotopic (exact) mass is 551 g/mol.